The number of rotatable bonds is 5. The predicted octanol–water partition coefficient (Wildman–Crippen LogP) is 1.37. The summed E-state index contributed by atoms with van der Waals surface area (Å²) in [7, 11) is 0. The summed E-state index contributed by atoms with van der Waals surface area (Å²) in [5.74, 6) is -0.797. The zero-order valence-corrected chi connectivity index (χ0v) is 10.7. The zero-order valence-electron chi connectivity index (χ0n) is 10.7. The van der Waals surface area contributed by atoms with Crippen molar-refractivity contribution in [3.63, 3.8) is 0 Å². The molecule has 1 aromatic carbocycles. The number of ether oxygens (including phenoxy) is 2. The Morgan fingerprint density at radius 2 is 2.00 bits per heavy atom. The van der Waals surface area contributed by atoms with Crippen molar-refractivity contribution in [2.24, 2.45) is 5.73 Å². The van der Waals surface area contributed by atoms with Crippen molar-refractivity contribution in [2.75, 3.05) is 19.8 Å². The van der Waals surface area contributed by atoms with Crippen molar-refractivity contribution in [3.05, 3.63) is 29.8 Å². The largest absolute Gasteiger partial charge is 0.490 e. The van der Waals surface area contributed by atoms with Crippen LogP contribution in [0.2, 0.25) is 0 Å². The quantitative estimate of drug-likeness (QED) is 0.840. The number of hydrogen-bond donors (Lipinski definition) is 2. The van der Waals surface area contributed by atoms with Gasteiger partial charge in [-0.1, -0.05) is 12.1 Å². The Balaban J connectivity index is 1.99. The first kappa shape index (κ1) is 13.8. The SMILES string of the molecule is NCC(C(=O)O)c1ccc(OC2CCOCC2)cc1. The van der Waals surface area contributed by atoms with E-state index in [4.69, 9.17) is 20.3 Å². The zero-order chi connectivity index (χ0) is 13.7. The van der Waals surface area contributed by atoms with Crippen molar-refractivity contribution in [1.82, 2.24) is 0 Å². The lowest BCUT2D eigenvalue weighted by Crippen LogP contribution is -2.26. The van der Waals surface area contributed by atoms with E-state index in [9.17, 15) is 4.79 Å². The van der Waals surface area contributed by atoms with E-state index in [0.717, 1.165) is 31.8 Å². The van der Waals surface area contributed by atoms with E-state index >= 15 is 0 Å². The van der Waals surface area contributed by atoms with E-state index in [2.05, 4.69) is 0 Å². The van der Waals surface area contributed by atoms with Gasteiger partial charge in [-0.3, -0.25) is 4.79 Å². The molecule has 1 saturated heterocycles. The van der Waals surface area contributed by atoms with Crippen molar-refractivity contribution in [3.8, 4) is 5.75 Å². The molecule has 1 heterocycles. The molecule has 19 heavy (non-hydrogen) atoms. The highest BCUT2D eigenvalue weighted by Crippen LogP contribution is 2.22. The van der Waals surface area contributed by atoms with Gasteiger partial charge in [-0.25, -0.2) is 0 Å². The molecule has 0 spiro atoms. The molecule has 0 amide bonds. The van der Waals surface area contributed by atoms with Crippen molar-refractivity contribution >= 4 is 5.97 Å². The van der Waals surface area contributed by atoms with Crippen LogP contribution in [0.25, 0.3) is 0 Å². The van der Waals surface area contributed by atoms with E-state index in [1.54, 1.807) is 24.3 Å². The van der Waals surface area contributed by atoms with Gasteiger partial charge < -0.3 is 20.3 Å². The number of carboxylic acids is 1. The predicted molar refractivity (Wildman–Crippen MR) is 70.3 cm³/mol. The lowest BCUT2D eigenvalue weighted by atomic mass is 9.99. The molecule has 1 aliphatic heterocycles. The lowest BCUT2D eigenvalue weighted by Gasteiger charge is -2.23. The molecule has 1 unspecified atom stereocenters. The molecule has 5 heteroatoms. The van der Waals surface area contributed by atoms with Gasteiger partial charge in [-0.2, -0.15) is 0 Å². The van der Waals surface area contributed by atoms with Gasteiger partial charge in [0, 0.05) is 19.4 Å². The third-order valence-corrected chi connectivity index (χ3v) is 3.29. The Labute approximate surface area is 112 Å². The highest BCUT2D eigenvalue weighted by Gasteiger charge is 2.18. The fourth-order valence-electron chi connectivity index (χ4n) is 2.14. The average molecular weight is 265 g/mol. The molecule has 5 nitrogen and oxygen atoms in total. The van der Waals surface area contributed by atoms with Crippen LogP contribution in [0.4, 0.5) is 0 Å². The Hall–Kier alpha value is -1.59. The van der Waals surface area contributed by atoms with Gasteiger partial charge in [0.1, 0.15) is 11.9 Å². The van der Waals surface area contributed by atoms with E-state index in [1.807, 2.05) is 0 Å². The number of carbonyl (C=O) groups is 1. The highest BCUT2D eigenvalue weighted by atomic mass is 16.5. The summed E-state index contributed by atoms with van der Waals surface area (Å²) in [4.78, 5) is 11.0. The molecule has 1 atom stereocenters. The van der Waals surface area contributed by atoms with E-state index in [-0.39, 0.29) is 12.6 Å². The van der Waals surface area contributed by atoms with Crippen LogP contribution in [-0.4, -0.2) is 36.9 Å². The van der Waals surface area contributed by atoms with Gasteiger partial charge in [-0.15, -0.1) is 0 Å². The van der Waals surface area contributed by atoms with Crippen LogP contribution < -0.4 is 10.5 Å². The fraction of sp³-hybridized carbons (Fsp3) is 0.500. The maximum absolute atomic E-state index is 11.0. The Bertz CT molecular complexity index is 412. The van der Waals surface area contributed by atoms with Crippen molar-refractivity contribution in [2.45, 2.75) is 24.9 Å². The number of carboxylic acid groups (broad SMARTS) is 1. The number of nitrogens with two attached hydrogens (primary N) is 1. The van der Waals surface area contributed by atoms with Gasteiger partial charge in [0.25, 0.3) is 0 Å². The summed E-state index contributed by atoms with van der Waals surface area (Å²) >= 11 is 0. The normalized spacial score (nSPS) is 17.9. The Kier molecular flexibility index (Phi) is 4.76. The van der Waals surface area contributed by atoms with Crippen LogP contribution in [0.15, 0.2) is 24.3 Å². The van der Waals surface area contributed by atoms with E-state index in [1.165, 1.54) is 0 Å². The van der Waals surface area contributed by atoms with Crippen LogP contribution in [-0.2, 0) is 9.53 Å². The van der Waals surface area contributed by atoms with Crippen LogP contribution in [0.3, 0.4) is 0 Å². The summed E-state index contributed by atoms with van der Waals surface area (Å²) in [5, 5.41) is 9.03. The van der Waals surface area contributed by atoms with Crippen LogP contribution in [0, 0.1) is 0 Å². The molecule has 0 aliphatic carbocycles. The third-order valence-electron chi connectivity index (χ3n) is 3.29. The molecule has 1 aliphatic rings. The van der Waals surface area contributed by atoms with Gasteiger partial charge in [-0.05, 0) is 17.7 Å². The fourth-order valence-corrected chi connectivity index (χ4v) is 2.14. The van der Waals surface area contributed by atoms with Gasteiger partial charge in [0.15, 0.2) is 0 Å². The Morgan fingerprint density at radius 3 is 2.53 bits per heavy atom. The maximum Gasteiger partial charge on any atom is 0.312 e. The summed E-state index contributed by atoms with van der Waals surface area (Å²) in [6.07, 6.45) is 1.97. The first-order chi connectivity index (χ1) is 9.20. The summed E-state index contributed by atoms with van der Waals surface area (Å²) in [6.45, 7) is 1.56. The summed E-state index contributed by atoms with van der Waals surface area (Å²) < 4.78 is 11.1. The average Bonchev–Trinajstić information content (AvgIpc) is 2.42. The topological polar surface area (TPSA) is 81.8 Å². The summed E-state index contributed by atoms with van der Waals surface area (Å²) in [5.41, 5.74) is 6.17. The van der Waals surface area contributed by atoms with E-state index < -0.39 is 11.9 Å². The minimum atomic E-state index is -0.902. The van der Waals surface area contributed by atoms with Crippen LogP contribution in [0.1, 0.15) is 24.3 Å². The van der Waals surface area contributed by atoms with Gasteiger partial charge >= 0.3 is 5.97 Å². The molecule has 1 aromatic rings. The molecule has 0 saturated carbocycles. The smallest absolute Gasteiger partial charge is 0.312 e. The maximum atomic E-state index is 11.0. The standard InChI is InChI=1S/C14H19NO4/c15-9-13(14(16)17)10-1-3-11(4-2-10)19-12-5-7-18-8-6-12/h1-4,12-13H,5-9,15H2,(H,16,17). The minimum Gasteiger partial charge on any atom is -0.490 e. The van der Waals surface area contributed by atoms with Crippen LogP contribution in [0.5, 0.6) is 5.75 Å². The van der Waals surface area contributed by atoms with E-state index in [0.29, 0.717) is 5.56 Å². The Morgan fingerprint density at radius 1 is 1.37 bits per heavy atom. The van der Waals surface area contributed by atoms with Crippen molar-refractivity contribution < 1.29 is 19.4 Å². The molecule has 0 radical (unpaired) electrons. The van der Waals surface area contributed by atoms with Gasteiger partial charge in [0.2, 0.25) is 0 Å². The lowest BCUT2D eigenvalue weighted by molar-refractivity contribution is -0.138. The third kappa shape index (κ3) is 3.68. The number of hydrogen-bond acceptors (Lipinski definition) is 4. The second kappa shape index (κ2) is 6.54. The molecule has 0 bridgehead atoms. The molecule has 2 rings (SSSR count). The number of aliphatic carboxylic acids is 1. The van der Waals surface area contributed by atoms with Crippen molar-refractivity contribution in [1.29, 1.82) is 0 Å². The van der Waals surface area contributed by atoms with Crippen LogP contribution >= 0.6 is 0 Å². The first-order valence-electron chi connectivity index (χ1n) is 6.48. The highest BCUT2D eigenvalue weighted by molar-refractivity contribution is 5.76. The molecular formula is C14H19NO4. The monoisotopic (exact) mass is 265 g/mol. The second-order valence-corrected chi connectivity index (χ2v) is 4.63. The summed E-state index contributed by atoms with van der Waals surface area (Å²) in [6, 6.07) is 7.13. The van der Waals surface area contributed by atoms with Gasteiger partial charge in [0.05, 0.1) is 19.1 Å². The molecule has 1 fully saturated rings. The molecule has 0 aromatic heterocycles. The minimum absolute atomic E-state index is 0.0928. The molecule has 104 valence electrons. The number of benzene rings is 1. The second-order valence-electron chi connectivity index (χ2n) is 4.63. The molecule has 3 N–H and O–H groups in total. The molecular weight excluding hydrogens is 246 g/mol. The first-order valence-corrected chi connectivity index (χ1v) is 6.48.